The van der Waals surface area contributed by atoms with Crippen molar-refractivity contribution in [1.29, 1.82) is 0 Å². The maximum absolute atomic E-state index is 11.9. The lowest BCUT2D eigenvalue weighted by Gasteiger charge is -2.16. The quantitative estimate of drug-likeness (QED) is 0.0513. The monoisotopic (exact) mass is 742 g/mol. The molecule has 0 N–H and O–H groups in total. The van der Waals surface area contributed by atoms with Crippen LogP contribution in [0, 0.1) is 10.8 Å². The molecule has 0 fully saturated rings. The molecule has 0 rings (SSSR count). The average molecular weight is 743 g/mol. The van der Waals surface area contributed by atoms with Crippen LogP contribution in [0.3, 0.4) is 0 Å². The minimum absolute atomic E-state index is 0.0512. The van der Waals surface area contributed by atoms with Crippen LogP contribution in [-0.4, -0.2) is 87.0 Å². The molecule has 0 aromatic heterocycles. The van der Waals surface area contributed by atoms with E-state index in [1.54, 1.807) is 0 Å². The van der Waals surface area contributed by atoms with Crippen molar-refractivity contribution in [1.82, 2.24) is 0 Å². The molecule has 14 nitrogen and oxygen atoms in total. The van der Waals surface area contributed by atoms with E-state index in [1.165, 1.54) is 0 Å². The SMILES string of the molecule is CC(C)(C)C(=O)CCCCC(=O)OCCOC(=O)CCCCC(=O)OCCOC(=O)CCCCC(=O)OCCOC(=O)CCCCC(=O)C(C)(C)C. The van der Waals surface area contributed by atoms with E-state index in [0.29, 0.717) is 64.2 Å². The number of hydrogen-bond donors (Lipinski definition) is 0. The highest BCUT2D eigenvalue weighted by molar-refractivity contribution is 5.84. The van der Waals surface area contributed by atoms with Crippen molar-refractivity contribution in [3.63, 3.8) is 0 Å². The van der Waals surface area contributed by atoms with Crippen LogP contribution in [0.25, 0.3) is 0 Å². The summed E-state index contributed by atoms with van der Waals surface area (Å²) in [5.41, 5.74) is -0.775. The number of ketones is 2. The fraction of sp³-hybridized carbons (Fsp3) is 0.789. The summed E-state index contributed by atoms with van der Waals surface area (Å²) in [4.78, 5) is 94.6. The molecule has 14 heteroatoms. The molecule has 0 amide bonds. The van der Waals surface area contributed by atoms with Gasteiger partial charge in [-0.2, -0.15) is 0 Å². The predicted molar refractivity (Wildman–Crippen MR) is 189 cm³/mol. The van der Waals surface area contributed by atoms with Crippen LogP contribution in [0.15, 0.2) is 0 Å². The zero-order valence-electron chi connectivity index (χ0n) is 32.3. The minimum Gasteiger partial charge on any atom is -0.462 e. The molecule has 0 atom stereocenters. The first-order valence-electron chi connectivity index (χ1n) is 18.4. The molecule has 0 spiro atoms. The smallest absolute Gasteiger partial charge is 0.305 e. The van der Waals surface area contributed by atoms with Gasteiger partial charge in [0.25, 0.3) is 0 Å². The van der Waals surface area contributed by atoms with E-state index in [0.717, 1.165) is 0 Å². The lowest BCUT2D eigenvalue weighted by Crippen LogP contribution is -2.19. The normalized spacial score (nSPS) is 11.3. The van der Waals surface area contributed by atoms with Gasteiger partial charge in [-0.25, -0.2) is 0 Å². The van der Waals surface area contributed by atoms with Gasteiger partial charge in [0.05, 0.1) is 0 Å². The second kappa shape index (κ2) is 27.8. The van der Waals surface area contributed by atoms with Crippen LogP contribution < -0.4 is 0 Å². The van der Waals surface area contributed by atoms with Crippen LogP contribution in [-0.2, 0) is 66.8 Å². The number of hydrogen-bond acceptors (Lipinski definition) is 14. The number of unbranched alkanes of at least 4 members (excludes halogenated alkanes) is 4. The highest BCUT2D eigenvalue weighted by atomic mass is 16.6. The molecule has 0 aliphatic rings. The van der Waals surface area contributed by atoms with Gasteiger partial charge in [0, 0.05) is 62.2 Å². The largest absolute Gasteiger partial charge is 0.462 e. The van der Waals surface area contributed by atoms with E-state index in [9.17, 15) is 38.4 Å². The van der Waals surface area contributed by atoms with E-state index < -0.39 is 35.8 Å². The first-order valence-corrected chi connectivity index (χ1v) is 18.4. The molecule has 0 aromatic carbocycles. The average Bonchev–Trinajstić information content (AvgIpc) is 3.06. The first-order chi connectivity index (χ1) is 24.4. The second-order valence-corrected chi connectivity index (χ2v) is 14.5. The van der Waals surface area contributed by atoms with Gasteiger partial charge in [-0.15, -0.1) is 0 Å². The maximum atomic E-state index is 11.9. The van der Waals surface area contributed by atoms with Crippen LogP contribution >= 0.6 is 0 Å². The fourth-order valence-electron chi connectivity index (χ4n) is 4.30. The Morgan fingerprint density at radius 1 is 0.288 bits per heavy atom. The molecule has 0 heterocycles. The third-order valence-electron chi connectivity index (χ3n) is 7.59. The number of carbonyl (C=O) groups excluding carboxylic acids is 8. The Morgan fingerprint density at radius 2 is 0.442 bits per heavy atom. The van der Waals surface area contributed by atoms with Gasteiger partial charge in [0.1, 0.15) is 51.2 Å². The summed E-state index contributed by atoms with van der Waals surface area (Å²) in [6.07, 6.45) is 5.52. The molecular formula is C38H62O14. The van der Waals surface area contributed by atoms with Crippen molar-refractivity contribution in [3.05, 3.63) is 0 Å². The topological polar surface area (TPSA) is 192 Å². The Kier molecular flexibility index (Phi) is 25.7. The van der Waals surface area contributed by atoms with Crippen LogP contribution in [0.1, 0.15) is 144 Å². The summed E-state index contributed by atoms with van der Waals surface area (Å²) < 4.78 is 30.2. The third kappa shape index (κ3) is 28.8. The summed E-state index contributed by atoms with van der Waals surface area (Å²) in [6, 6.07) is 0. The molecule has 298 valence electrons. The Labute approximate surface area is 308 Å². The molecule has 0 aliphatic carbocycles. The molecule has 0 aromatic rings. The van der Waals surface area contributed by atoms with Crippen molar-refractivity contribution in [2.24, 2.45) is 10.8 Å². The predicted octanol–water partition coefficient (Wildman–Crippen LogP) is 5.72. The molecule has 0 aliphatic heterocycles. The summed E-state index contributed by atoms with van der Waals surface area (Å²) in [5.74, 6) is -2.43. The third-order valence-corrected chi connectivity index (χ3v) is 7.59. The molecular weight excluding hydrogens is 680 g/mol. The number of Topliss-reactive ketones (excluding diaryl/α,β-unsaturated/α-hetero) is 2. The number of carbonyl (C=O) groups is 8. The van der Waals surface area contributed by atoms with E-state index in [1.807, 2.05) is 41.5 Å². The number of ether oxygens (including phenoxy) is 6. The zero-order valence-corrected chi connectivity index (χ0v) is 32.3. The van der Waals surface area contributed by atoms with Crippen molar-refractivity contribution < 1.29 is 66.8 Å². The molecule has 0 radical (unpaired) electrons. The summed E-state index contributed by atoms with van der Waals surface area (Å²) in [7, 11) is 0. The summed E-state index contributed by atoms with van der Waals surface area (Å²) in [5, 5.41) is 0. The highest BCUT2D eigenvalue weighted by Gasteiger charge is 2.21. The highest BCUT2D eigenvalue weighted by Crippen LogP contribution is 2.19. The van der Waals surface area contributed by atoms with E-state index in [2.05, 4.69) is 0 Å². The lowest BCUT2D eigenvalue weighted by molar-refractivity contribution is -0.153. The van der Waals surface area contributed by atoms with E-state index in [4.69, 9.17) is 28.4 Å². The van der Waals surface area contributed by atoms with E-state index in [-0.39, 0.29) is 101 Å². The first kappa shape index (κ1) is 48.2. The molecule has 0 unspecified atom stereocenters. The van der Waals surface area contributed by atoms with Crippen LogP contribution in [0.4, 0.5) is 0 Å². The number of esters is 6. The fourth-order valence-corrected chi connectivity index (χ4v) is 4.30. The van der Waals surface area contributed by atoms with Crippen LogP contribution in [0.2, 0.25) is 0 Å². The van der Waals surface area contributed by atoms with Gasteiger partial charge in [-0.05, 0) is 51.4 Å². The van der Waals surface area contributed by atoms with Gasteiger partial charge < -0.3 is 28.4 Å². The van der Waals surface area contributed by atoms with Crippen LogP contribution in [0.5, 0.6) is 0 Å². The standard InChI is InChI=1S/C38H62O14/c1-37(2,3)29(39)15-7-9-17-31(41)47-23-25-49-33(43)19-11-13-21-35(45)51-27-28-52-36(46)22-14-12-20-34(44)50-26-24-48-32(42)18-10-8-16-30(40)38(4,5)6/h7-28H2,1-6H3. The van der Waals surface area contributed by atoms with Crippen molar-refractivity contribution in [2.45, 2.75) is 144 Å². The van der Waals surface area contributed by atoms with Gasteiger partial charge in [0.2, 0.25) is 0 Å². The Balaban J connectivity index is 3.67. The van der Waals surface area contributed by atoms with Gasteiger partial charge in [-0.1, -0.05) is 41.5 Å². The van der Waals surface area contributed by atoms with Crippen molar-refractivity contribution >= 4 is 47.4 Å². The Hall–Kier alpha value is -3.84. The van der Waals surface area contributed by atoms with Gasteiger partial charge in [-0.3, -0.25) is 38.4 Å². The van der Waals surface area contributed by atoms with Gasteiger partial charge in [0.15, 0.2) is 0 Å². The summed E-state index contributed by atoms with van der Waals surface area (Å²) in [6.45, 7) is 10.7. The Bertz CT molecular complexity index is 1040. The molecule has 0 saturated heterocycles. The zero-order chi connectivity index (χ0) is 39.4. The van der Waals surface area contributed by atoms with Gasteiger partial charge >= 0.3 is 35.8 Å². The minimum atomic E-state index is -0.489. The number of rotatable bonds is 29. The van der Waals surface area contributed by atoms with Crippen molar-refractivity contribution in [3.8, 4) is 0 Å². The second-order valence-electron chi connectivity index (χ2n) is 14.5. The Morgan fingerprint density at radius 3 is 0.596 bits per heavy atom. The van der Waals surface area contributed by atoms with E-state index >= 15 is 0 Å². The summed E-state index contributed by atoms with van der Waals surface area (Å²) >= 11 is 0. The maximum Gasteiger partial charge on any atom is 0.305 e. The van der Waals surface area contributed by atoms with Crippen molar-refractivity contribution in [2.75, 3.05) is 39.6 Å². The molecule has 0 bridgehead atoms. The molecule has 52 heavy (non-hydrogen) atoms. The lowest BCUT2D eigenvalue weighted by atomic mass is 9.88. The molecule has 0 saturated carbocycles.